The van der Waals surface area contributed by atoms with Crippen LogP contribution in [0.5, 0.6) is 0 Å². The van der Waals surface area contributed by atoms with E-state index >= 15 is 0 Å². The van der Waals surface area contributed by atoms with E-state index in [2.05, 4.69) is 37.2 Å². The topological polar surface area (TPSA) is 20.3 Å². The summed E-state index contributed by atoms with van der Waals surface area (Å²) in [7, 11) is 4.17. The largest absolute Gasteiger partial charge is 0.309 e. The van der Waals surface area contributed by atoms with E-state index in [0.29, 0.717) is 6.42 Å². The molecule has 2 heteroatoms. The molecule has 0 bridgehead atoms. The van der Waals surface area contributed by atoms with Crippen molar-refractivity contribution in [3.63, 3.8) is 0 Å². The molecule has 22 heavy (non-hydrogen) atoms. The second-order valence-electron chi connectivity index (χ2n) is 5.98. The van der Waals surface area contributed by atoms with Crippen LogP contribution in [0.25, 0.3) is 11.1 Å². The van der Waals surface area contributed by atoms with Crippen LogP contribution in [-0.4, -0.2) is 31.3 Å². The van der Waals surface area contributed by atoms with Crippen molar-refractivity contribution in [1.82, 2.24) is 4.90 Å². The van der Waals surface area contributed by atoms with Gasteiger partial charge in [0.1, 0.15) is 0 Å². The average molecular weight is 295 g/mol. The van der Waals surface area contributed by atoms with Gasteiger partial charge >= 0.3 is 0 Å². The zero-order valence-electron chi connectivity index (χ0n) is 13.6. The molecule has 0 heterocycles. The summed E-state index contributed by atoms with van der Waals surface area (Å²) in [4.78, 5) is 14.5. The molecule has 0 amide bonds. The fourth-order valence-corrected chi connectivity index (χ4v) is 2.54. The van der Waals surface area contributed by atoms with Crippen LogP contribution in [0, 0.1) is 0 Å². The molecule has 0 fully saturated rings. The molecule has 2 rings (SSSR count). The fraction of sp³-hybridized carbons (Fsp3) is 0.350. The number of hydrogen-bond donors (Lipinski definition) is 0. The molecule has 0 radical (unpaired) electrons. The van der Waals surface area contributed by atoms with Crippen LogP contribution >= 0.6 is 0 Å². The number of benzene rings is 2. The van der Waals surface area contributed by atoms with E-state index in [4.69, 9.17) is 0 Å². The molecule has 0 atom stereocenters. The summed E-state index contributed by atoms with van der Waals surface area (Å²) in [5.74, 6) is 0.252. The third-order valence-electron chi connectivity index (χ3n) is 3.80. The first-order valence-corrected chi connectivity index (χ1v) is 8.00. The third kappa shape index (κ3) is 5.12. The number of unbranched alkanes of at least 4 members (excludes halogenated alkanes) is 2. The summed E-state index contributed by atoms with van der Waals surface area (Å²) in [5, 5.41) is 0. The predicted octanol–water partition coefficient (Wildman–Crippen LogP) is 4.66. The van der Waals surface area contributed by atoms with E-state index < -0.39 is 0 Å². The molecule has 0 spiro atoms. The summed E-state index contributed by atoms with van der Waals surface area (Å²) in [6, 6.07) is 18.2. The smallest absolute Gasteiger partial charge is 0.162 e. The Labute approximate surface area is 133 Å². The molecule has 0 N–H and O–H groups in total. The SMILES string of the molecule is CN(C)CCCCCC(=O)c1cccc(-c2ccccc2)c1. The molecule has 0 saturated carbocycles. The number of carbonyl (C=O) groups is 1. The quantitative estimate of drug-likeness (QED) is 0.521. The predicted molar refractivity (Wildman–Crippen MR) is 93.2 cm³/mol. The van der Waals surface area contributed by atoms with E-state index in [0.717, 1.165) is 42.5 Å². The molecule has 0 saturated heterocycles. The Morgan fingerprint density at radius 3 is 2.32 bits per heavy atom. The first-order chi connectivity index (χ1) is 10.7. The zero-order valence-corrected chi connectivity index (χ0v) is 13.6. The van der Waals surface area contributed by atoms with Gasteiger partial charge < -0.3 is 4.90 Å². The van der Waals surface area contributed by atoms with Gasteiger partial charge in [-0.3, -0.25) is 4.79 Å². The standard InChI is InChI=1S/C20H25NO/c1-21(2)15-8-4-7-14-20(22)19-13-9-12-18(16-19)17-10-5-3-6-11-17/h3,5-6,9-13,16H,4,7-8,14-15H2,1-2H3. The van der Waals surface area contributed by atoms with Crippen molar-refractivity contribution in [3.8, 4) is 11.1 Å². The minimum Gasteiger partial charge on any atom is -0.309 e. The van der Waals surface area contributed by atoms with Crippen molar-refractivity contribution >= 4 is 5.78 Å². The highest BCUT2D eigenvalue weighted by atomic mass is 16.1. The molecule has 0 aliphatic rings. The highest BCUT2D eigenvalue weighted by molar-refractivity contribution is 5.97. The minimum atomic E-state index is 0.252. The fourth-order valence-electron chi connectivity index (χ4n) is 2.54. The van der Waals surface area contributed by atoms with Gasteiger partial charge in [0, 0.05) is 12.0 Å². The van der Waals surface area contributed by atoms with Crippen LogP contribution in [0.1, 0.15) is 36.0 Å². The molecule has 0 aromatic heterocycles. The molecular formula is C20H25NO. The zero-order chi connectivity index (χ0) is 15.8. The maximum Gasteiger partial charge on any atom is 0.162 e. The Morgan fingerprint density at radius 2 is 1.59 bits per heavy atom. The maximum absolute atomic E-state index is 12.3. The number of Topliss-reactive ketones (excluding diaryl/α,β-unsaturated/α-hetero) is 1. The number of ketones is 1. The lowest BCUT2D eigenvalue weighted by Gasteiger charge is -2.08. The van der Waals surface area contributed by atoms with Gasteiger partial charge in [0.15, 0.2) is 5.78 Å². The van der Waals surface area contributed by atoms with Gasteiger partial charge in [-0.25, -0.2) is 0 Å². The number of carbonyl (C=O) groups excluding carboxylic acids is 1. The van der Waals surface area contributed by atoms with Gasteiger partial charge in [-0.2, -0.15) is 0 Å². The van der Waals surface area contributed by atoms with Gasteiger partial charge in [-0.1, -0.05) is 55.0 Å². The van der Waals surface area contributed by atoms with E-state index in [9.17, 15) is 4.79 Å². The van der Waals surface area contributed by atoms with E-state index in [-0.39, 0.29) is 5.78 Å². The number of rotatable bonds is 8. The summed E-state index contributed by atoms with van der Waals surface area (Å²) in [6.45, 7) is 1.09. The Kier molecular flexibility index (Phi) is 6.35. The highest BCUT2D eigenvalue weighted by Crippen LogP contribution is 2.21. The van der Waals surface area contributed by atoms with Crippen molar-refractivity contribution in [2.45, 2.75) is 25.7 Å². The maximum atomic E-state index is 12.3. The number of nitrogens with zero attached hydrogens (tertiary/aromatic N) is 1. The van der Waals surface area contributed by atoms with E-state index in [1.54, 1.807) is 0 Å². The Bertz CT molecular complexity index is 590. The highest BCUT2D eigenvalue weighted by Gasteiger charge is 2.07. The Hall–Kier alpha value is -1.93. The van der Waals surface area contributed by atoms with Crippen molar-refractivity contribution in [2.24, 2.45) is 0 Å². The monoisotopic (exact) mass is 295 g/mol. The minimum absolute atomic E-state index is 0.252. The van der Waals surface area contributed by atoms with Crippen molar-refractivity contribution in [1.29, 1.82) is 0 Å². The van der Waals surface area contributed by atoms with Gasteiger partial charge in [-0.05, 0) is 50.7 Å². The molecule has 2 aromatic carbocycles. The van der Waals surface area contributed by atoms with Crippen molar-refractivity contribution in [3.05, 3.63) is 60.2 Å². The molecule has 0 aliphatic carbocycles. The van der Waals surface area contributed by atoms with Crippen LogP contribution < -0.4 is 0 Å². The van der Waals surface area contributed by atoms with Gasteiger partial charge in [0.2, 0.25) is 0 Å². The van der Waals surface area contributed by atoms with Crippen LogP contribution in [0.3, 0.4) is 0 Å². The Balaban J connectivity index is 1.91. The van der Waals surface area contributed by atoms with Gasteiger partial charge in [-0.15, -0.1) is 0 Å². The molecule has 2 aromatic rings. The molecular weight excluding hydrogens is 270 g/mol. The van der Waals surface area contributed by atoms with Crippen LogP contribution in [0.2, 0.25) is 0 Å². The summed E-state index contributed by atoms with van der Waals surface area (Å²) in [6.07, 6.45) is 3.89. The second kappa shape index (κ2) is 8.50. The lowest BCUT2D eigenvalue weighted by molar-refractivity contribution is 0.0979. The second-order valence-corrected chi connectivity index (χ2v) is 5.98. The first kappa shape index (κ1) is 16.4. The summed E-state index contributed by atoms with van der Waals surface area (Å²) in [5.41, 5.74) is 3.09. The first-order valence-electron chi connectivity index (χ1n) is 8.00. The third-order valence-corrected chi connectivity index (χ3v) is 3.80. The van der Waals surface area contributed by atoms with Gasteiger partial charge in [0.05, 0.1) is 0 Å². The summed E-state index contributed by atoms with van der Waals surface area (Å²) >= 11 is 0. The molecule has 116 valence electrons. The van der Waals surface area contributed by atoms with E-state index in [1.807, 2.05) is 36.4 Å². The molecule has 0 unspecified atom stereocenters. The molecule has 0 aliphatic heterocycles. The summed E-state index contributed by atoms with van der Waals surface area (Å²) < 4.78 is 0. The number of hydrogen-bond acceptors (Lipinski definition) is 2. The lowest BCUT2D eigenvalue weighted by Crippen LogP contribution is -2.12. The Morgan fingerprint density at radius 1 is 0.864 bits per heavy atom. The van der Waals surface area contributed by atoms with Crippen LogP contribution in [-0.2, 0) is 0 Å². The normalized spacial score (nSPS) is 10.9. The van der Waals surface area contributed by atoms with Crippen molar-refractivity contribution in [2.75, 3.05) is 20.6 Å². The molecule has 2 nitrogen and oxygen atoms in total. The van der Waals surface area contributed by atoms with Crippen molar-refractivity contribution < 1.29 is 4.79 Å². The van der Waals surface area contributed by atoms with Crippen LogP contribution in [0.15, 0.2) is 54.6 Å². The lowest BCUT2D eigenvalue weighted by atomic mass is 9.99. The van der Waals surface area contributed by atoms with Gasteiger partial charge in [0.25, 0.3) is 0 Å². The van der Waals surface area contributed by atoms with E-state index in [1.165, 1.54) is 0 Å². The average Bonchev–Trinajstić information content (AvgIpc) is 2.55. The van der Waals surface area contributed by atoms with Crippen LogP contribution in [0.4, 0.5) is 0 Å².